The number of carbonyl (C=O) groups excluding carboxylic acids is 1. The molecule has 0 bridgehead atoms. The second kappa shape index (κ2) is 5.88. The van der Waals surface area contributed by atoms with E-state index in [9.17, 15) is 19.3 Å². The van der Waals surface area contributed by atoms with E-state index in [4.69, 9.17) is 11.6 Å². The van der Waals surface area contributed by atoms with Crippen LogP contribution in [-0.2, 0) is 0 Å². The minimum atomic E-state index is -0.730. The van der Waals surface area contributed by atoms with Crippen LogP contribution in [0.15, 0.2) is 36.4 Å². The normalized spacial score (nSPS) is 10.2. The zero-order chi connectivity index (χ0) is 15.6. The Morgan fingerprint density at radius 2 is 2.05 bits per heavy atom. The maximum Gasteiger partial charge on any atom is 0.269 e. The van der Waals surface area contributed by atoms with Crippen molar-refractivity contribution in [3.63, 3.8) is 0 Å². The van der Waals surface area contributed by atoms with Crippen LogP contribution in [0.2, 0.25) is 5.02 Å². The Kier molecular flexibility index (Phi) is 4.18. The number of carbonyl (C=O) groups is 1. The van der Waals surface area contributed by atoms with Crippen LogP contribution in [0.1, 0.15) is 15.9 Å². The first-order chi connectivity index (χ1) is 9.90. The van der Waals surface area contributed by atoms with Gasteiger partial charge in [-0.05, 0) is 30.7 Å². The van der Waals surface area contributed by atoms with Crippen LogP contribution in [0.25, 0.3) is 0 Å². The lowest BCUT2D eigenvalue weighted by Crippen LogP contribution is -2.14. The molecule has 0 aromatic heterocycles. The van der Waals surface area contributed by atoms with Crippen LogP contribution >= 0.6 is 11.6 Å². The number of non-ortho nitro benzene ring substituents is 1. The molecule has 2 rings (SSSR count). The number of nitrogens with one attached hydrogen (secondary N) is 1. The average molecular weight is 309 g/mol. The van der Waals surface area contributed by atoms with Gasteiger partial charge in [0, 0.05) is 17.7 Å². The number of nitro groups is 1. The fraction of sp³-hybridized carbons (Fsp3) is 0.0714. The van der Waals surface area contributed by atoms with Crippen molar-refractivity contribution < 1.29 is 14.1 Å². The van der Waals surface area contributed by atoms with Gasteiger partial charge in [-0.2, -0.15) is 0 Å². The van der Waals surface area contributed by atoms with E-state index in [1.54, 1.807) is 6.92 Å². The van der Waals surface area contributed by atoms with Gasteiger partial charge in [0.2, 0.25) is 0 Å². The molecule has 0 aliphatic rings. The van der Waals surface area contributed by atoms with E-state index in [0.717, 1.165) is 0 Å². The van der Waals surface area contributed by atoms with Crippen LogP contribution in [-0.4, -0.2) is 10.8 Å². The number of nitrogens with zero attached hydrogens (tertiary/aromatic N) is 1. The van der Waals surface area contributed by atoms with Gasteiger partial charge < -0.3 is 5.32 Å². The lowest BCUT2D eigenvalue weighted by molar-refractivity contribution is -0.384. The topological polar surface area (TPSA) is 72.2 Å². The minimum absolute atomic E-state index is 0.0507. The number of hydrogen-bond donors (Lipinski definition) is 1. The zero-order valence-electron chi connectivity index (χ0n) is 10.9. The van der Waals surface area contributed by atoms with E-state index in [0.29, 0.717) is 5.56 Å². The number of halogens is 2. The monoisotopic (exact) mass is 308 g/mol. The Balaban J connectivity index is 2.29. The first kappa shape index (κ1) is 14.9. The third-order valence-corrected chi connectivity index (χ3v) is 3.16. The van der Waals surface area contributed by atoms with Crippen molar-refractivity contribution in [2.75, 3.05) is 5.32 Å². The lowest BCUT2D eigenvalue weighted by atomic mass is 10.1. The summed E-state index contributed by atoms with van der Waals surface area (Å²) in [6, 6.07) is 8.07. The summed E-state index contributed by atoms with van der Waals surface area (Å²) in [6.07, 6.45) is 0. The first-order valence-corrected chi connectivity index (χ1v) is 6.28. The maximum atomic E-state index is 13.7. The van der Waals surface area contributed by atoms with Crippen molar-refractivity contribution in [1.29, 1.82) is 0 Å². The molecule has 1 N–H and O–H groups in total. The molecule has 0 saturated heterocycles. The molecular formula is C14H10ClFN2O3. The molecule has 0 atom stereocenters. The van der Waals surface area contributed by atoms with Gasteiger partial charge in [-0.25, -0.2) is 4.39 Å². The highest BCUT2D eigenvalue weighted by Gasteiger charge is 2.15. The smallest absolute Gasteiger partial charge is 0.269 e. The molecule has 2 aromatic rings. The maximum absolute atomic E-state index is 13.7. The highest BCUT2D eigenvalue weighted by atomic mass is 35.5. The largest absolute Gasteiger partial charge is 0.319 e. The van der Waals surface area contributed by atoms with Crippen molar-refractivity contribution in [2.24, 2.45) is 0 Å². The predicted octanol–water partition coefficient (Wildman–Crippen LogP) is 3.95. The highest BCUT2D eigenvalue weighted by Crippen LogP contribution is 2.23. The van der Waals surface area contributed by atoms with Crippen LogP contribution in [0.5, 0.6) is 0 Å². The molecule has 0 heterocycles. The molecule has 0 saturated carbocycles. The van der Waals surface area contributed by atoms with Crippen molar-refractivity contribution in [3.05, 3.63) is 68.5 Å². The van der Waals surface area contributed by atoms with Gasteiger partial charge in [0.15, 0.2) is 5.82 Å². The fourth-order valence-electron chi connectivity index (χ4n) is 1.81. The number of benzene rings is 2. The summed E-state index contributed by atoms with van der Waals surface area (Å²) in [5.41, 5.74) is 0.479. The zero-order valence-corrected chi connectivity index (χ0v) is 11.6. The average Bonchev–Trinajstić information content (AvgIpc) is 2.43. The molecule has 21 heavy (non-hydrogen) atoms. The number of aryl methyl sites for hydroxylation is 1. The molecule has 0 spiro atoms. The Morgan fingerprint density at radius 1 is 1.33 bits per heavy atom. The van der Waals surface area contributed by atoms with Crippen molar-refractivity contribution in [1.82, 2.24) is 0 Å². The van der Waals surface area contributed by atoms with Gasteiger partial charge in [0.25, 0.3) is 11.6 Å². The first-order valence-electron chi connectivity index (χ1n) is 5.90. The quantitative estimate of drug-likeness (QED) is 0.689. The number of anilines is 1. The SMILES string of the molecule is Cc1cc([N+](=O)[O-])ccc1C(=O)Nc1cccc(Cl)c1F. The molecular weight excluding hydrogens is 299 g/mol. The summed E-state index contributed by atoms with van der Waals surface area (Å²) >= 11 is 5.63. The molecule has 0 fully saturated rings. The second-order valence-corrected chi connectivity index (χ2v) is 4.72. The third kappa shape index (κ3) is 3.17. The third-order valence-electron chi connectivity index (χ3n) is 2.87. The summed E-state index contributed by atoms with van der Waals surface area (Å²) in [4.78, 5) is 22.2. The molecule has 2 aromatic carbocycles. The number of amides is 1. The molecule has 0 unspecified atom stereocenters. The standard InChI is InChI=1S/C14H10ClFN2O3/c1-8-7-9(18(20)21)5-6-10(8)14(19)17-12-4-2-3-11(15)13(12)16/h2-7H,1H3,(H,17,19). The van der Waals surface area contributed by atoms with E-state index >= 15 is 0 Å². The molecule has 5 nitrogen and oxygen atoms in total. The summed E-state index contributed by atoms with van der Waals surface area (Å²) < 4.78 is 13.7. The summed E-state index contributed by atoms with van der Waals surface area (Å²) in [5, 5.41) is 12.9. The Hall–Kier alpha value is -2.47. The van der Waals surface area contributed by atoms with Crippen LogP contribution < -0.4 is 5.32 Å². The van der Waals surface area contributed by atoms with E-state index in [2.05, 4.69) is 5.32 Å². The van der Waals surface area contributed by atoms with E-state index in [1.165, 1.54) is 36.4 Å². The highest BCUT2D eigenvalue weighted by molar-refractivity contribution is 6.31. The Labute approximate surface area is 124 Å². The van der Waals surface area contributed by atoms with Crippen LogP contribution in [0.3, 0.4) is 0 Å². The summed E-state index contributed by atoms with van der Waals surface area (Å²) in [7, 11) is 0. The molecule has 7 heteroatoms. The van der Waals surface area contributed by atoms with E-state index in [-0.39, 0.29) is 22.0 Å². The van der Waals surface area contributed by atoms with Gasteiger partial charge in [-0.3, -0.25) is 14.9 Å². The van der Waals surface area contributed by atoms with Gasteiger partial charge in [0.1, 0.15) is 0 Å². The van der Waals surface area contributed by atoms with Crippen LogP contribution in [0, 0.1) is 22.9 Å². The van der Waals surface area contributed by atoms with Crippen molar-refractivity contribution in [3.8, 4) is 0 Å². The van der Waals surface area contributed by atoms with Gasteiger partial charge >= 0.3 is 0 Å². The van der Waals surface area contributed by atoms with E-state index in [1.807, 2.05) is 0 Å². The second-order valence-electron chi connectivity index (χ2n) is 4.31. The Bertz CT molecular complexity index is 734. The molecule has 0 aliphatic heterocycles. The fourth-order valence-corrected chi connectivity index (χ4v) is 1.98. The summed E-state index contributed by atoms with van der Waals surface area (Å²) in [5.74, 6) is -1.30. The summed E-state index contributed by atoms with van der Waals surface area (Å²) in [6.45, 7) is 1.57. The van der Waals surface area contributed by atoms with Gasteiger partial charge in [0.05, 0.1) is 15.6 Å². The molecule has 0 radical (unpaired) electrons. The van der Waals surface area contributed by atoms with Gasteiger partial charge in [-0.15, -0.1) is 0 Å². The van der Waals surface area contributed by atoms with Gasteiger partial charge in [-0.1, -0.05) is 17.7 Å². The van der Waals surface area contributed by atoms with Crippen molar-refractivity contribution >= 4 is 28.9 Å². The molecule has 0 aliphatic carbocycles. The van der Waals surface area contributed by atoms with Crippen molar-refractivity contribution in [2.45, 2.75) is 6.92 Å². The Morgan fingerprint density at radius 3 is 2.67 bits per heavy atom. The number of rotatable bonds is 3. The minimum Gasteiger partial charge on any atom is -0.319 e. The number of hydrogen-bond acceptors (Lipinski definition) is 3. The lowest BCUT2D eigenvalue weighted by Gasteiger charge is -2.09. The molecule has 108 valence electrons. The number of nitro benzene ring substituents is 1. The predicted molar refractivity (Wildman–Crippen MR) is 77.2 cm³/mol. The van der Waals surface area contributed by atoms with Crippen LogP contribution in [0.4, 0.5) is 15.8 Å². The molecule has 1 amide bonds. The van der Waals surface area contributed by atoms with E-state index < -0.39 is 16.6 Å².